The zero-order valence-electron chi connectivity index (χ0n) is 19.5. The van der Waals surface area contributed by atoms with Crippen LogP contribution >= 0.6 is 22.7 Å². The largest absolute Gasteiger partial charge is 0.379 e. The van der Waals surface area contributed by atoms with Gasteiger partial charge in [-0.25, -0.2) is 15.0 Å². The minimum Gasteiger partial charge on any atom is -0.379 e. The van der Waals surface area contributed by atoms with Crippen molar-refractivity contribution in [3.05, 3.63) is 34.5 Å². The lowest BCUT2D eigenvalue weighted by Crippen LogP contribution is -2.36. The summed E-state index contributed by atoms with van der Waals surface area (Å²) in [5.74, 6) is 1.74. The topological polar surface area (TPSA) is 75.6 Å². The van der Waals surface area contributed by atoms with Crippen LogP contribution in [0.4, 0.5) is 16.6 Å². The van der Waals surface area contributed by atoms with Crippen molar-refractivity contribution in [1.29, 1.82) is 0 Å². The summed E-state index contributed by atoms with van der Waals surface area (Å²) in [5, 5.41) is 5.80. The Bertz CT molecular complexity index is 1320. The first-order valence-corrected chi connectivity index (χ1v) is 13.3. The van der Waals surface area contributed by atoms with Gasteiger partial charge in [0, 0.05) is 36.7 Å². The summed E-state index contributed by atoms with van der Waals surface area (Å²) in [6, 6.07) is 6.37. The predicted molar refractivity (Wildman–Crippen MR) is 139 cm³/mol. The fraction of sp³-hybridized carbons (Fsp3) is 0.458. The number of aryl methyl sites for hydroxylation is 2. The molecule has 2 aliphatic rings. The Morgan fingerprint density at radius 1 is 0.941 bits per heavy atom. The fourth-order valence-electron chi connectivity index (χ4n) is 4.43. The SMILES string of the molecule is Cc1sc2nc(CN3CCOCC3)nc(Nc3ccc4nc(N5CCOCC5)sc4c3)c2c1C. The van der Waals surface area contributed by atoms with Gasteiger partial charge in [-0.15, -0.1) is 11.3 Å². The van der Waals surface area contributed by atoms with Crippen LogP contribution in [0.15, 0.2) is 18.2 Å². The lowest BCUT2D eigenvalue weighted by atomic mass is 10.2. The summed E-state index contributed by atoms with van der Waals surface area (Å²) in [4.78, 5) is 21.8. The van der Waals surface area contributed by atoms with E-state index in [1.807, 2.05) is 0 Å². The van der Waals surface area contributed by atoms with Crippen LogP contribution in [0, 0.1) is 13.8 Å². The Labute approximate surface area is 206 Å². The van der Waals surface area contributed by atoms with Crippen LogP contribution < -0.4 is 10.2 Å². The van der Waals surface area contributed by atoms with E-state index < -0.39 is 0 Å². The predicted octanol–water partition coefficient (Wildman–Crippen LogP) is 4.33. The van der Waals surface area contributed by atoms with Gasteiger partial charge < -0.3 is 19.7 Å². The first kappa shape index (κ1) is 22.1. The number of thiophene rings is 1. The highest BCUT2D eigenvalue weighted by Crippen LogP contribution is 2.36. The maximum Gasteiger partial charge on any atom is 0.186 e. The number of morpholine rings is 2. The molecule has 2 saturated heterocycles. The number of aromatic nitrogens is 3. The molecule has 4 aromatic rings. The van der Waals surface area contributed by atoms with E-state index in [-0.39, 0.29) is 0 Å². The number of benzene rings is 1. The number of ether oxygens (including phenoxy) is 2. The third-order valence-corrected chi connectivity index (χ3v) is 8.65. The van der Waals surface area contributed by atoms with Crippen LogP contribution in [0.1, 0.15) is 16.3 Å². The number of hydrogen-bond acceptors (Lipinski definition) is 10. The third-order valence-electron chi connectivity index (χ3n) is 6.47. The van der Waals surface area contributed by atoms with Gasteiger partial charge in [0.25, 0.3) is 0 Å². The molecule has 5 heterocycles. The van der Waals surface area contributed by atoms with Crippen LogP contribution in [-0.4, -0.2) is 72.5 Å². The van der Waals surface area contributed by atoms with Crippen molar-refractivity contribution < 1.29 is 9.47 Å². The second-order valence-corrected chi connectivity index (χ2v) is 11.0. The second-order valence-electron chi connectivity index (χ2n) is 8.74. The van der Waals surface area contributed by atoms with E-state index in [1.165, 1.54) is 15.1 Å². The Kier molecular flexibility index (Phi) is 6.08. The van der Waals surface area contributed by atoms with E-state index in [9.17, 15) is 0 Å². The van der Waals surface area contributed by atoms with E-state index in [2.05, 4.69) is 47.2 Å². The molecule has 0 spiro atoms. The molecular formula is C24H28N6O2S2. The molecule has 178 valence electrons. The molecule has 0 atom stereocenters. The molecule has 2 aliphatic heterocycles. The highest BCUT2D eigenvalue weighted by molar-refractivity contribution is 7.22. The Morgan fingerprint density at radius 3 is 2.50 bits per heavy atom. The van der Waals surface area contributed by atoms with Crippen LogP contribution in [0.5, 0.6) is 0 Å². The highest BCUT2D eigenvalue weighted by Gasteiger charge is 2.19. The van der Waals surface area contributed by atoms with Crippen molar-refractivity contribution in [3.8, 4) is 0 Å². The number of thiazole rings is 1. The average Bonchev–Trinajstić information content (AvgIpc) is 3.40. The lowest BCUT2D eigenvalue weighted by molar-refractivity contribution is 0.0331. The molecular weight excluding hydrogens is 468 g/mol. The number of anilines is 3. The van der Waals surface area contributed by atoms with Crippen molar-refractivity contribution in [2.45, 2.75) is 20.4 Å². The molecule has 1 N–H and O–H groups in total. The van der Waals surface area contributed by atoms with E-state index >= 15 is 0 Å². The normalized spacial score (nSPS) is 17.6. The Morgan fingerprint density at radius 2 is 1.71 bits per heavy atom. The van der Waals surface area contributed by atoms with Gasteiger partial charge in [0.15, 0.2) is 5.13 Å². The molecule has 1 aromatic carbocycles. The molecule has 0 saturated carbocycles. The summed E-state index contributed by atoms with van der Waals surface area (Å²) in [7, 11) is 0. The minimum atomic E-state index is 0.737. The Hall–Kier alpha value is -2.37. The van der Waals surface area contributed by atoms with Crippen molar-refractivity contribution >= 4 is 59.7 Å². The molecule has 0 bridgehead atoms. The van der Waals surface area contributed by atoms with Gasteiger partial charge in [-0.3, -0.25) is 4.90 Å². The summed E-state index contributed by atoms with van der Waals surface area (Å²) in [5.41, 5.74) is 3.29. The van der Waals surface area contributed by atoms with Crippen molar-refractivity contribution in [2.75, 3.05) is 62.8 Å². The van der Waals surface area contributed by atoms with Gasteiger partial charge in [-0.2, -0.15) is 0 Å². The van der Waals surface area contributed by atoms with Crippen LogP contribution in [-0.2, 0) is 16.0 Å². The van der Waals surface area contributed by atoms with Crippen molar-refractivity contribution in [3.63, 3.8) is 0 Å². The van der Waals surface area contributed by atoms with E-state index in [0.29, 0.717) is 0 Å². The standard InChI is InChI=1S/C24H28N6O2S2/c1-15-16(2)33-23-21(15)22(27-20(28-23)14-29-5-9-31-10-6-29)25-17-3-4-18-19(13-17)34-24(26-18)30-7-11-32-12-8-30/h3-4,13H,5-12,14H2,1-2H3,(H,25,27,28). The minimum absolute atomic E-state index is 0.737. The number of hydrogen-bond donors (Lipinski definition) is 1. The lowest BCUT2D eigenvalue weighted by Gasteiger charge is -2.25. The van der Waals surface area contributed by atoms with Gasteiger partial charge in [-0.05, 0) is 37.6 Å². The van der Waals surface area contributed by atoms with Gasteiger partial charge in [0.2, 0.25) is 0 Å². The van der Waals surface area contributed by atoms with Crippen LogP contribution in [0.3, 0.4) is 0 Å². The molecule has 3 aromatic heterocycles. The molecule has 2 fully saturated rings. The van der Waals surface area contributed by atoms with Gasteiger partial charge in [0.05, 0.1) is 48.6 Å². The number of rotatable bonds is 5. The van der Waals surface area contributed by atoms with Crippen LogP contribution in [0.25, 0.3) is 20.4 Å². The summed E-state index contributed by atoms with van der Waals surface area (Å²) in [6.07, 6.45) is 0. The fourth-order valence-corrected chi connectivity index (χ4v) is 6.54. The maximum absolute atomic E-state index is 5.50. The van der Waals surface area contributed by atoms with Crippen molar-refractivity contribution in [2.24, 2.45) is 0 Å². The number of nitrogens with one attached hydrogen (secondary N) is 1. The van der Waals surface area contributed by atoms with E-state index in [1.54, 1.807) is 22.7 Å². The molecule has 34 heavy (non-hydrogen) atoms. The van der Waals surface area contributed by atoms with Crippen molar-refractivity contribution in [1.82, 2.24) is 19.9 Å². The number of fused-ring (bicyclic) bond motifs is 2. The molecule has 0 unspecified atom stereocenters. The van der Waals surface area contributed by atoms with Crippen LogP contribution in [0.2, 0.25) is 0 Å². The Balaban J connectivity index is 1.32. The molecule has 0 radical (unpaired) electrons. The highest BCUT2D eigenvalue weighted by atomic mass is 32.1. The first-order chi connectivity index (χ1) is 16.6. The summed E-state index contributed by atoms with van der Waals surface area (Å²) >= 11 is 3.48. The van der Waals surface area contributed by atoms with Gasteiger partial charge >= 0.3 is 0 Å². The van der Waals surface area contributed by atoms with E-state index in [0.717, 1.165) is 97.3 Å². The summed E-state index contributed by atoms with van der Waals surface area (Å²) < 4.78 is 12.2. The van der Waals surface area contributed by atoms with Gasteiger partial charge in [-0.1, -0.05) is 11.3 Å². The zero-order chi connectivity index (χ0) is 23.1. The molecule has 8 nitrogen and oxygen atoms in total. The molecule has 0 amide bonds. The first-order valence-electron chi connectivity index (χ1n) is 11.7. The second kappa shape index (κ2) is 9.35. The smallest absolute Gasteiger partial charge is 0.186 e. The zero-order valence-corrected chi connectivity index (χ0v) is 21.1. The molecule has 10 heteroatoms. The molecule has 6 rings (SSSR count). The molecule has 0 aliphatic carbocycles. The van der Waals surface area contributed by atoms with Gasteiger partial charge in [0.1, 0.15) is 16.5 Å². The number of nitrogens with zero attached hydrogens (tertiary/aromatic N) is 5. The maximum atomic E-state index is 5.50. The third kappa shape index (κ3) is 4.36. The average molecular weight is 497 g/mol. The summed E-state index contributed by atoms with van der Waals surface area (Å²) in [6.45, 7) is 11.7. The van der Waals surface area contributed by atoms with E-state index in [4.69, 9.17) is 24.4 Å². The monoisotopic (exact) mass is 496 g/mol. The quantitative estimate of drug-likeness (QED) is 0.438.